The minimum atomic E-state index is -3.62. The summed E-state index contributed by atoms with van der Waals surface area (Å²) < 4.78 is 28.6. The van der Waals surface area contributed by atoms with E-state index < -0.39 is 10.0 Å². The smallest absolute Gasteiger partial charge is 0.207 e. The van der Waals surface area contributed by atoms with E-state index in [1.165, 1.54) is 5.56 Å². The Kier molecular flexibility index (Phi) is 6.32. The van der Waals surface area contributed by atoms with Crippen LogP contribution in [0.4, 0.5) is 0 Å². The molecule has 0 fully saturated rings. The molecule has 0 aliphatic carbocycles. The highest BCUT2D eigenvalue weighted by molar-refractivity contribution is 7.89. The van der Waals surface area contributed by atoms with Gasteiger partial charge in [-0.05, 0) is 55.2 Å². The van der Waals surface area contributed by atoms with Crippen molar-refractivity contribution >= 4 is 21.6 Å². The van der Waals surface area contributed by atoms with Crippen molar-refractivity contribution in [3.05, 3.63) is 101 Å². The maximum absolute atomic E-state index is 12.9. The van der Waals surface area contributed by atoms with Crippen LogP contribution >= 0.6 is 11.6 Å². The number of hydrogen-bond acceptors (Lipinski definition) is 2. The standard InChI is InChI=1S/C22H22ClNO2S/c1-17-7-14-21(15-8-17)27(25,26)24-22(19-10-12-20(23)13-11-19)16-9-18-5-3-2-4-6-18/h2-8,10-15,22,24H,9,16H2,1H3/t22-/m1/s1. The fourth-order valence-corrected chi connectivity index (χ4v) is 4.30. The van der Waals surface area contributed by atoms with Crippen LogP contribution in [-0.4, -0.2) is 8.42 Å². The van der Waals surface area contributed by atoms with Crippen LogP contribution in [0.3, 0.4) is 0 Å². The molecule has 140 valence electrons. The van der Waals surface area contributed by atoms with Crippen molar-refractivity contribution in [1.29, 1.82) is 0 Å². The van der Waals surface area contributed by atoms with Crippen molar-refractivity contribution in [3.63, 3.8) is 0 Å². The third-order valence-electron chi connectivity index (χ3n) is 4.47. The number of sulfonamides is 1. The summed E-state index contributed by atoms with van der Waals surface area (Å²) in [6, 6.07) is 23.9. The Morgan fingerprint density at radius 3 is 2.15 bits per heavy atom. The molecule has 0 saturated carbocycles. The highest BCUT2D eigenvalue weighted by Gasteiger charge is 2.21. The summed E-state index contributed by atoms with van der Waals surface area (Å²) in [4.78, 5) is 0.270. The molecule has 0 spiro atoms. The van der Waals surface area contributed by atoms with Crippen molar-refractivity contribution in [2.45, 2.75) is 30.7 Å². The molecule has 0 aliphatic heterocycles. The average Bonchev–Trinajstić information content (AvgIpc) is 2.67. The molecule has 3 aromatic rings. The zero-order valence-electron chi connectivity index (χ0n) is 15.1. The van der Waals surface area contributed by atoms with Gasteiger partial charge in [0.25, 0.3) is 0 Å². The number of halogens is 1. The number of benzene rings is 3. The predicted octanol–water partition coefficient (Wildman–Crippen LogP) is 5.30. The normalized spacial score (nSPS) is 12.7. The van der Waals surface area contributed by atoms with Gasteiger partial charge in [-0.25, -0.2) is 13.1 Å². The lowest BCUT2D eigenvalue weighted by Gasteiger charge is -2.20. The highest BCUT2D eigenvalue weighted by Crippen LogP contribution is 2.24. The Bertz CT molecular complexity index is 969. The summed E-state index contributed by atoms with van der Waals surface area (Å²) in [5.74, 6) is 0. The van der Waals surface area contributed by atoms with E-state index in [9.17, 15) is 8.42 Å². The van der Waals surface area contributed by atoms with E-state index in [2.05, 4.69) is 4.72 Å². The second-order valence-electron chi connectivity index (χ2n) is 6.56. The van der Waals surface area contributed by atoms with Crippen LogP contribution in [0.15, 0.2) is 83.8 Å². The Hall–Kier alpha value is -2.14. The molecule has 0 amide bonds. The summed E-state index contributed by atoms with van der Waals surface area (Å²) in [6.45, 7) is 1.93. The van der Waals surface area contributed by atoms with Crippen molar-refractivity contribution in [2.75, 3.05) is 0 Å². The van der Waals surface area contributed by atoms with E-state index in [4.69, 9.17) is 11.6 Å². The summed E-state index contributed by atoms with van der Waals surface area (Å²) >= 11 is 5.99. The molecule has 0 aliphatic rings. The predicted molar refractivity (Wildman–Crippen MR) is 110 cm³/mol. The maximum Gasteiger partial charge on any atom is 0.241 e. The van der Waals surface area contributed by atoms with E-state index >= 15 is 0 Å². The van der Waals surface area contributed by atoms with Gasteiger partial charge in [-0.15, -0.1) is 0 Å². The third kappa shape index (κ3) is 5.42. The van der Waals surface area contributed by atoms with Crippen molar-refractivity contribution < 1.29 is 8.42 Å². The van der Waals surface area contributed by atoms with E-state index in [-0.39, 0.29) is 10.9 Å². The summed E-state index contributed by atoms with van der Waals surface area (Å²) in [6.07, 6.45) is 1.42. The molecular weight excluding hydrogens is 378 g/mol. The second kappa shape index (κ2) is 8.70. The first-order chi connectivity index (χ1) is 12.9. The Labute approximate surface area is 166 Å². The first kappa shape index (κ1) is 19.6. The largest absolute Gasteiger partial charge is 0.241 e. The fraction of sp³-hybridized carbons (Fsp3) is 0.182. The molecule has 0 unspecified atom stereocenters. The topological polar surface area (TPSA) is 46.2 Å². The molecule has 27 heavy (non-hydrogen) atoms. The fourth-order valence-electron chi connectivity index (χ4n) is 2.92. The summed E-state index contributed by atoms with van der Waals surface area (Å²) in [5.41, 5.74) is 3.09. The van der Waals surface area contributed by atoms with Crippen molar-refractivity contribution in [2.24, 2.45) is 0 Å². The molecule has 0 aromatic heterocycles. The molecule has 5 heteroatoms. The minimum Gasteiger partial charge on any atom is -0.207 e. The average molecular weight is 400 g/mol. The van der Waals surface area contributed by atoms with Crippen LogP contribution in [0.1, 0.15) is 29.2 Å². The van der Waals surface area contributed by atoms with Gasteiger partial charge in [-0.1, -0.05) is 71.8 Å². The Morgan fingerprint density at radius 2 is 1.52 bits per heavy atom. The minimum absolute atomic E-state index is 0.270. The van der Waals surface area contributed by atoms with Gasteiger partial charge in [0.1, 0.15) is 0 Å². The summed E-state index contributed by atoms with van der Waals surface area (Å²) in [7, 11) is -3.62. The lowest BCUT2D eigenvalue weighted by Crippen LogP contribution is -2.29. The first-order valence-electron chi connectivity index (χ1n) is 8.82. The molecule has 3 aromatic carbocycles. The van der Waals surface area contributed by atoms with Gasteiger partial charge in [-0.2, -0.15) is 0 Å². The van der Waals surface area contributed by atoms with Gasteiger partial charge in [0, 0.05) is 11.1 Å². The Morgan fingerprint density at radius 1 is 0.889 bits per heavy atom. The van der Waals surface area contributed by atoms with Crippen LogP contribution in [0.2, 0.25) is 5.02 Å². The molecule has 0 radical (unpaired) electrons. The lowest BCUT2D eigenvalue weighted by molar-refractivity contribution is 0.539. The molecule has 1 N–H and O–H groups in total. The van der Waals surface area contributed by atoms with Gasteiger partial charge in [0.05, 0.1) is 4.90 Å². The van der Waals surface area contributed by atoms with E-state index in [0.29, 0.717) is 11.4 Å². The molecule has 3 nitrogen and oxygen atoms in total. The highest BCUT2D eigenvalue weighted by atomic mass is 35.5. The molecule has 1 atom stereocenters. The van der Waals surface area contributed by atoms with Crippen LogP contribution in [0.25, 0.3) is 0 Å². The lowest BCUT2D eigenvalue weighted by atomic mass is 10.00. The number of hydrogen-bond donors (Lipinski definition) is 1. The number of aryl methyl sites for hydroxylation is 2. The molecule has 0 bridgehead atoms. The van der Waals surface area contributed by atoms with Gasteiger partial charge < -0.3 is 0 Å². The van der Waals surface area contributed by atoms with E-state index in [1.807, 2.05) is 49.4 Å². The van der Waals surface area contributed by atoms with Crippen LogP contribution in [0, 0.1) is 6.92 Å². The van der Waals surface area contributed by atoms with Crippen LogP contribution in [0.5, 0.6) is 0 Å². The Balaban J connectivity index is 1.84. The first-order valence-corrected chi connectivity index (χ1v) is 10.7. The van der Waals surface area contributed by atoms with Crippen molar-refractivity contribution in [3.8, 4) is 0 Å². The molecule has 0 heterocycles. The number of nitrogens with one attached hydrogen (secondary N) is 1. The van der Waals surface area contributed by atoms with Crippen LogP contribution in [-0.2, 0) is 16.4 Å². The quantitative estimate of drug-likeness (QED) is 0.585. The third-order valence-corrected chi connectivity index (χ3v) is 6.21. The molecular formula is C22H22ClNO2S. The van der Waals surface area contributed by atoms with Gasteiger partial charge >= 0.3 is 0 Å². The maximum atomic E-state index is 12.9. The molecule has 0 saturated heterocycles. The number of rotatable bonds is 7. The monoisotopic (exact) mass is 399 g/mol. The van der Waals surface area contributed by atoms with Gasteiger partial charge in [0.15, 0.2) is 0 Å². The van der Waals surface area contributed by atoms with Gasteiger partial charge in [0.2, 0.25) is 10.0 Å². The van der Waals surface area contributed by atoms with Gasteiger partial charge in [-0.3, -0.25) is 0 Å². The summed E-state index contributed by atoms with van der Waals surface area (Å²) in [5, 5.41) is 0.627. The SMILES string of the molecule is Cc1ccc(S(=O)(=O)N[C@H](CCc2ccccc2)c2ccc(Cl)cc2)cc1. The van der Waals surface area contributed by atoms with Crippen LogP contribution < -0.4 is 4.72 Å². The molecule has 3 rings (SSSR count). The van der Waals surface area contributed by atoms with Crippen molar-refractivity contribution in [1.82, 2.24) is 4.72 Å². The second-order valence-corrected chi connectivity index (χ2v) is 8.71. The zero-order chi connectivity index (χ0) is 19.3. The van der Waals surface area contributed by atoms with E-state index in [0.717, 1.165) is 17.5 Å². The zero-order valence-corrected chi connectivity index (χ0v) is 16.7. The van der Waals surface area contributed by atoms with E-state index in [1.54, 1.807) is 36.4 Å².